The number of ether oxygens (including phenoxy) is 4. The lowest BCUT2D eigenvalue weighted by atomic mass is 9.98. The number of benzene rings is 2. The van der Waals surface area contributed by atoms with Crippen LogP contribution in [-0.4, -0.2) is 144 Å². The summed E-state index contributed by atoms with van der Waals surface area (Å²) in [6.07, 6.45) is -5.62. The van der Waals surface area contributed by atoms with Crippen molar-refractivity contribution in [1.82, 2.24) is 19.6 Å². The Bertz CT molecular complexity index is 2040. The minimum Gasteiger partial charge on any atom is -0.450 e. The molecule has 1 aliphatic heterocycles. The van der Waals surface area contributed by atoms with Gasteiger partial charge in [-0.1, -0.05) is 144 Å². The molecule has 1 fully saturated rings. The predicted octanol–water partition coefficient (Wildman–Crippen LogP) is 6.16. The summed E-state index contributed by atoms with van der Waals surface area (Å²) >= 11 is 0. The van der Waals surface area contributed by atoms with Gasteiger partial charge in [0.25, 0.3) is 23.6 Å². The largest absolute Gasteiger partial charge is 0.450 e. The molecule has 0 aliphatic carbocycles. The van der Waals surface area contributed by atoms with E-state index in [0.29, 0.717) is 11.1 Å². The van der Waals surface area contributed by atoms with E-state index in [1.807, 2.05) is 27.7 Å². The van der Waals surface area contributed by atoms with Crippen LogP contribution in [0.25, 0.3) is 0 Å². The Labute approximate surface area is 416 Å². The lowest BCUT2D eigenvalue weighted by Gasteiger charge is -2.37. The van der Waals surface area contributed by atoms with Gasteiger partial charge < -0.3 is 38.5 Å². The van der Waals surface area contributed by atoms with Gasteiger partial charge >= 0.3 is 23.9 Å². The molecule has 1 saturated heterocycles. The van der Waals surface area contributed by atoms with Crippen LogP contribution in [0.4, 0.5) is 0 Å². The molecule has 16 heteroatoms. The van der Waals surface area contributed by atoms with Gasteiger partial charge in [-0.25, -0.2) is 19.2 Å². The quantitative estimate of drug-likeness (QED) is 0.175. The van der Waals surface area contributed by atoms with Gasteiger partial charge in [-0.2, -0.15) is 0 Å². The molecule has 16 nitrogen and oxygen atoms in total. The topological polar surface area (TPSA) is 186 Å². The van der Waals surface area contributed by atoms with Crippen molar-refractivity contribution in [2.24, 2.45) is 35.5 Å². The standard InChI is InChI=1S/C54H80N4O12/c1-31(2)27-39-51(63)67-43(33(5)6)47(59)55(13)40(28-32(3)4)52(64)68-45(35(9)10)49(61)57(15)42(30-38-25-21-18-22-26-38)54(66)70-46(36(11)12)50(62)58(16)41(29-37-23-19-17-20-24-37)53(65)69-44(34(7)8)48(60)56(39)14/h17-26,31-36,39-46H,27-30H2,1-16H3. The third kappa shape index (κ3) is 15.6. The zero-order chi connectivity index (χ0) is 52.9. The van der Waals surface area contributed by atoms with Crippen LogP contribution in [0.2, 0.25) is 0 Å². The minimum atomic E-state index is -1.47. The average Bonchev–Trinajstić information content (AvgIpc) is 3.30. The maximum absolute atomic E-state index is 14.8. The number of amides is 4. The summed E-state index contributed by atoms with van der Waals surface area (Å²) in [5, 5.41) is 0. The fourth-order valence-electron chi connectivity index (χ4n) is 8.27. The Morgan fingerprint density at radius 2 is 0.571 bits per heavy atom. The van der Waals surface area contributed by atoms with Gasteiger partial charge in [-0.05, 0) is 59.5 Å². The summed E-state index contributed by atoms with van der Waals surface area (Å²) in [5.74, 6) is -9.28. The van der Waals surface area contributed by atoms with E-state index in [4.69, 9.17) is 18.9 Å². The van der Waals surface area contributed by atoms with E-state index in [9.17, 15) is 38.4 Å². The zero-order valence-corrected chi connectivity index (χ0v) is 44.4. The molecule has 0 spiro atoms. The lowest BCUT2D eigenvalue weighted by molar-refractivity contribution is -0.180. The summed E-state index contributed by atoms with van der Waals surface area (Å²) < 4.78 is 24.3. The van der Waals surface area contributed by atoms with E-state index in [1.54, 1.807) is 116 Å². The van der Waals surface area contributed by atoms with E-state index in [1.165, 1.54) is 38.0 Å². The molecule has 388 valence electrons. The Morgan fingerprint density at radius 1 is 0.357 bits per heavy atom. The average molecular weight is 977 g/mol. The summed E-state index contributed by atoms with van der Waals surface area (Å²) in [6, 6.07) is 12.7. The van der Waals surface area contributed by atoms with Crippen LogP contribution in [-0.2, 0) is 70.1 Å². The van der Waals surface area contributed by atoms with Gasteiger partial charge in [0.1, 0.15) is 24.2 Å². The molecule has 0 N–H and O–H groups in total. The molecule has 8 atom stereocenters. The van der Waals surface area contributed by atoms with Crippen molar-refractivity contribution in [2.75, 3.05) is 28.2 Å². The number of cyclic esters (lactones) is 4. The molecule has 0 saturated carbocycles. The van der Waals surface area contributed by atoms with Crippen molar-refractivity contribution < 1.29 is 57.3 Å². The molecule has 1 aliphatic rings. The number of nitrogens with zero attached hydrogens (tertiary/aromatic N) is 4. The molecule has 2 aromatic rings. The maximum Gasteiger partial charge on any atom is 0.329 e. The van der Waals surface area contributed by atoms with Crippen LogP contribution in [0.15, 0.2) is 60.7 Å². The molecule has 0 aromatic heterocycles. The van der Waals surface area contributed by atoms with Crippen molar-refractivity contribution in [3.8, 4) is 0 Å². The number of likely N-dealkylation sites (N-methyl/N-ethyl adjacent to an activating group) is 4. The van der Waals surface area contributed by atoms with Gasteiger partial charge in [0.05, 0.1) is 0 Å². The van der Waals surface area contributed by atoms with Crippen LogP contribution >= 0.6 is 0 Å². The molecule has 1 heterocycles. The molecular weight excluding hydrogens is 897 g/mol. The summed E-state index contributed by atoms with van der Waals surface area (Å²) in [6.45, 7) is 20.9. The SMILES string of the molecule is CC(C)CC1C(=O)OC(C(C)C)C(=O)N(C)C(Cc2ccccc2)C(=O)OC(C(C)C)C(=O)N(C)C(Cc2ccccc2)C(=O)OC(C(C)C)C(=O)N(C)C(CC(C)C)C(=O)OC(C(C)C)C(=O)N1C. The second-order valence-electron chi connectivity index (χ2n) is 20.9. The highest BCUT2D eigenvalue weighted by Gasteiger charge is 2.45. The van der Waals surface area contributed by atoms with Gasteiger partial charge in [0.2, 0.25) is 0 Å². The number of carbonyl (C=O) groups is 8. The predicted molar refractivity (Wildman–Crippen MR) is 264 cm³/mol. The maximum atomic E-state index is 14.8. The Hall–Kier alpha value is -5.80. The molecule has 0 radical (unpaired) electrons. The van der Waals surface area contributed by atoms with E-state index in [-0.39, 0.29) is 37.5 Å². The number of esters is 4. The fourth-order valence-corrected chi connectivity index (χ4v) is 8.27. The van der Waals surface area contributed by atoms with Crippen LogP contribution in [0.1, 0.15) is 107 Å². The van der Waals surface area contributed by atoms with Gasteiger partial charge in [0, 0.05) is 41.0 Å². The first-order valence-electron chi connectivity index (χ1n) is 24.7. The molecule has 0 bridgehead atoms. The van der Waals surface area contributed by atoms with E-state index in [2.05, 4.69) is 0 Å². The van der Waals surface area contributed by atoms with E-state index >= 15 is 0 Å². The van der Waals surface area contributed by atoms with Crippen LogP contribution in [0.5, 0.6) is 0 Å². The van der Waals surface area contributed by atoms with E-state index < -0.39 is 120 Å². The summed E-state index contributed by atoms with van der Waals surface area (Å²) in [7, 11) is 5.61. The zero-order valence-electron chi connectivity index (χ0n) is 44.4. The molecule has 70 heavy (non-hydrogen) atoms. The molecule has 2 aromatic carbocycles. The normalized spacial score (nSPS) is 25.0. The minimum absolute atomic E-state index is 0.0436. The second kappa shape index (κ2) is 26.4. The van der Waals surface area contributed by atoms with Gasteiger partial charge in [-0.15, -0.1) is 0 Å². The molecule has 8 unspecified atom stereocenters. The first-order valence-corrected chi connectivity index (χ1v) is 24.7. The Morgan fingerprint density at radius 3 is 0.786 bits per heavy atom. The monoisotopic (exact) mass is 977 g/mol. The highest BCUT2D eigenvalue weighted by atomic mass is 16.6. The highest BCUT2D eigenvalue weighted by Crippen LogP contribution is 2.26. The fraction of sp³-hybridized carbons (Fsp3) is 0.630. The van der Waals surface area contributed by atoms with Crippen LogP contribution < -0.4 is 0 Å². The smallest absolute Gasteiger partial charge is 0.329 e. The number of rotatable bonds is 12. The van der Waals surface area contributed by atoms with Crippen LogP contribution in [0, 0.1) is 35.5 Å². The number of carbonyl (C=O) groups excluding carboxylic acids is 8. The third-order valence-corrected chi connectivity index (χ3v) is 12.6. The first-order chi connectivity index (χ1) is 32.7. The van der Waals surface area contributed by atoms with Crippen molar-refractivity contribution in [3.05, 3.63) is 71.8 Å². The second-order valence-corrected chi connectivity index (χ2v) is 20.9. The van der Waals surface area contributed by atoms with Crippen molar-refractivity contribution in [2.45, 2.75) is 157 Å². The molecular formula is C54H80N4O12. The first kappa shape index (κ1) is 58.5. The summed E-state index contributed by atoms with van der Waals surface area (Å²) in [5.41, 5.74) is 1.33. The van der Waals surface area contributed by atoms with Gasteiger partial charge in [0.15, 0.2) is 24.4 Å². The Balaban J connectivity index is 2.33. The molecule has 4 amide bonds. The van der Waals surface area contributed by atoms with Crippen LogP contribution in [0.3, 0.4) is 0 Å². The third-order valence-electron chi connectivity index (χ3n) is 12.6. The summed E-state index contributed by atoms with van der Waals surface area (Å²) in [4.78, 5) is 121. The Kier molecular flexibility index (Phi) is 22.1. The van der Waals surface area contributed by atoms with Gasteiger partial charge in [-0.3, -0.25) is 19.2 Å². The molecule has 3 rings (SSSR count). The van der Waals surface area contributed by atoms with Crippen molar-refractivity contribution in [1.29, 1.82) is 0 Å². The highest BCUT2D eigenvalue weighted by molar-refractivity contribution is 5.94. The number of hydrogen-bond donors (Lipinski definition) is 0. The van der Waals surface area contributed by atoms with Crippen molar-refractivity contribution in [3.63, 3.8) is 0 Å². The van der Waals surface area contributed by atoms with E-state index in [0.717, 1.165) is 9.80 Å². The lowest BCUT2D eigenvalue weighted by Crippen LogP contribution is -2.56. The number of hydrogen-bond acceptors (Lipinski definition) is 12. The van der Waals surface area contributed by atoms with Crippen molar-refractivity contribution >= 4 is 47.5 Å².